The third kappa shape index (κ3) is 3.39. The van der Waals surface area contributed by atoms with Gasteiger partial charge in [0.15, 0.2) is 0 Å². The first-order valence-corrected chi connectivity index (χ1v) is 7.74. The molecular formula is C18H18N2O3. The van der Waals surface area contributed by atoms with Crippen LogP contribution in [0, 0.1) is 10.1 Å². The zero-order valence-electron chi connectivity index (χ0n) is 12.7. The fraction of sp³-hybridized carbons (Fsp3) is 0.278. The Morgan fingerprint density at radius 1 is 1.13 bits per heavy atom. The lowest BCUT2D eigenvalue weighted by Crippen LogP contribution is -2.36. The van der Waals surface area contributed by atoms with Gasteiger partial charge in [0, 0.05) is 30.3 Å². The van der Waals surface area contributed by atoms with Gasteiger partial charge in [0.1, 0.15) is 0 Å². The molecule has 1 heterocycles. The predicted octanol–water partition coefficient (Wildman–Crippen LogP) is 3.44. The minimum atomic E-state index is -0.456. The van der Waals surface area contributed by atoms with Gasteiger partial charge < -0.3 is 4.90 Å². The van der Waals surface area contributed by atoms with Crippen molar-refractivity contribution in [2.24, 2.45) is 0 Å². The normalized spacial score (nSPS) is 17.2. The number of carbonyl (C=O) groups excluding carboxylic acids is 1. The summed E-state index contributed by atoms with van der Waals surface area (Å²) in [6.45, 7) is 0.743. The van der Waals surface area contributed by atoms with Crippen molar-refractivity contribution >= 4 is 11.6 Å². The first-order chi connectivity index (χ1) is 11.1. The molecule has 5 nitrogen and oxygen atoms in total. The number of nitro benzene ring substituents is 1. The lowest BCUT2D eigenvalue weighted by molar-refractivity contribution is -0.384. The van der Waals surface area contributed by atoms with Gasteiger partial charge in [0.2, 0.25) is 0 Å². The van der Waals surface area contributed by atoms with Crippen molar-refractivity contribution < 1.29 is 9.72 Å². The summed E-state index contributed by atoms with van der Waals surface area (Å²) in [4.78, 5) is 24.8. The van der Waals surface area contributed by atoms with Crippen molar-refractivity contribution in [1.82, 2.24) is 4.90 Å². The Bertz CT molecular complexity index is 698. The smallest absolute Gasteiger partial charge is 0.269 e. The van der Waals surface area contributed by atoms with E-state index in [2.05, 4.69) is 12.1 Å². The van der Waals surface area contributed by atoms with Crippen LogP contribution in [0.3, 0.4) is 0 Å². The molecule has 3 rings (SSSR count). The second-order valence-electron chi connectivity index (χ2n) is 5.79. The summed E-state index contributed by atoms with van der Waals surface area (Å²) >= 11 is 0. The maximum absolute atomic E-state index is 12.7. The van der Waals surface area contributed by atoms with E-state index >= 15 is 0 Å². The van der Waals surface area contributed by atoms with Crippen molar-refractivity contribution in [3.05, 3.63) is 75.8 Å². The highest BCUT2D eigenvalue weighted by molar-refractivity contribution is 5.94. The van der Waals surface area contributed by atoms with Crippen LogP contribution in [0.2, 0.25) is 0 Å². The van der Waals surface area contributed by atoms with E-state index in [9.17, 15) is 14.9 Å². The number of carbonyl (C=O) groups is 1. The lowest BCUT2D eigenvalue weighted by Gasteiger charge is -2.25. The Morgan fingerprint density at radius 2 is 1.83 bits per heavy atom. The molecule has 0 N–H and O–H groups in total. The molecule has 1 saturated heterocycles. The van der Waals surface area contributed by atoms with E-state index in [1.165, 1.54) is 17.7 Å². The highest BCUT2D eigenvalue weighted by atomic mass is 16.6. The minimum Gasteiger partial charge on any atom is -0.335 e. The molecule has 0 bridgehead atoms. The quantitative estimate of drug-likeness (QED) is 0.642. The van der Waals surface area contributed by atoms with Crippen LogP contribution < -0.4 is 0 Å². The Labute approximate surface area is 134 Å². The fourth-order valence-corrected chi connectivity index (χ4v) is 3.09. The Hall–Kier alpha value is -2.69. The number of benzene rings is 2. The van der Waals surface area contributed by atoms with Crippen molar-refractivity contribution in [2.45, 2.75) is 25.3 Å². The molecule has 0 aliphatic carbocycles. The third-order valence-corrected chi connectivity index (χ3v) is 4.28. The second kappa shape index (κ2) is 6.60. The van der Waals surface area contributed by atoms with Crippen LogP contribution in [-0.4, -0.2) is 28.3 Å². The van der Waals surface area contributed by atoms with E-state index in [-0.39, 0.29) is 17.6 Å². The number of nitrogens with zero attached hydrogens (tertiary/aromatic N) is 2. The molecule has 0 aromatic heterocycles. The standard InChI is InChI=1S/C18H18N2O3/c21-18(15-8-10-16(11-9-15)20(22)23)19-12-4-7-17(19)13-14-5-2-1-3-6-14/h1-3,5-6,8-11,17H,4,7,12-13H2. The van der Waals surface area contributed by atoms with Gasteiger partial charge in [-0.15, -0.1) is 0 Å². The van der Waals surface area contributed by atoms with Gasteiger partial charge in [-0.1, -0.05) is 30.3 Å². The topological polar surface area (TPSA) is 63.4 Å². The average Bonchev–Trinajstić information content (AvgIpc) is 3.03. The lowest BCUT2D eigenvalue weighted by atomic mass is 10.0. The molecule has 118 valence electrons. The first-order valence-electron chi connectivity index (χ1n) is 7.74. The van der Waals surface area contributed by atoms with E-state index in [4.69, 9.17) is 0 Å². The minimum absolute atomic E-state index is 0.00353. The molecule has 1 aliphatic rings. The monoisotopic (exact) mass is 310 g/mol. The maximum atomic E-state index is 12.7. The molecule has 0 spiro atoms. The highest BCUT2D eigenvalue weighted by Gasteiger charge is 2.29. The van der Waals surface area contributed by atoms with Gasteiger partial charge in [-0.25, -0.2) is 0 Å². The van der Waals surface area contributed by atoms with Gasteiger partial charge in [-0.2, -0.15) is 0 Å². The first kappa shape index (κ1) is 15.2. The van der Waals surface area contributed by atoms with Crippen LogP contribution in [0.1, 0.15) is 28.8 Å². The van der Waals surface area contributed by atoms with Gasteiger partial charge in [-0.05, 0) is 37.0 Å². The summed E-state index contributed by atoms with van der Waals surface area (Å²) in [6.07, 6.45) is 2.84. The molecule has 0 radical (unpaired) electrons. The van der Waals surface area contributed by atoms with E-state index < -0.39 is 4.92 Å². The summed E-state index contributed by atoms with van der Waals surface area (Å²) in [5.74, 6) is -0.0432. The third-order valence-electron chi connectivity index (χ3n) is 4.28. The Balaban J connectivity index is 1.74. The van der Waals surface area contributed by atoms with E-state index in [0.717, 1.165) is 25.8 Å². The van der Waals surface area contributed by atoms with E-state index in [1.54, 1.807) is 12.1 Å². The number of rotatable bonds is 4. The SMILES string of the molecule is O=C(c1ccc([N+](=O)[O-])cc1)N1CCCC1Cc1ccccc1. The summed E-state index contributed by atoms with van der Waals surface area (Å²) in [5.41, 5.74) is 1.74. The second-order valence-corrected chi connectivity index (χ2v) is 5.79. The van der Waals surface area contributed by atoms with Gasteiger partial charge in [-0.3, -0.25) is 14.9 Å². The number of hydrogen-bond acceptors (Lipinski definition) is 3. The number of amides is 1. The van der Waals surface area contributed by atoms with Crippen molar-refractivity contribution in [1.29, 1.82) is 0 Å². The number of nitro groups is 1. The van der Waals surface area contributed by atoms with Crippen LogP contribution in [0.15, 0.2) is 54.6 Å². The van der Waals surface area contributed by atoms with E-state index in [0.29, 0.717) is 5.56 Å². The number of likely N-dealkylation sites (tertiary alicyclic amines) is 1. The molecule has 1 aliphatic heterocycles. The van der Waals surface area contributed by atoms with Gasteiger partial charge >= 0.3 is 0 Å². The average molecular weight is 310 g/mol. The van der Waals surface area contributed by atoms with Gasteiger partial charge in [0.25, 0.3) is 11.6 Å². The summed E-state index contributed by atoms with van der Waals surface area (Å²) < 4.78 is 0. The summed E-state index contributed by atoms with van der Waals surface area (Å²) in [7, 11) is 0. The van der Waals surface area contributed by atoms with Gasteiger partial charge in [0.05, 0.1) is 4.92 Å². The molecular weight excluding hydrogens is 292 g/mol. The van der Waals surface area contributed by atoms with E-state index in [1.807, 2.05) is 23.1 Å². The van der Waals surface area contributed by atoms with Crippen molar-refractivity contribution in [3.8, 4) is 0 Å². The molecule has 1 amide bonds. The van der Waals surface area contributed by atoms with Crippen molar-refractivity contribution in [2.75, 3.05) is 6.54 Å². The molecule has 1 unspecified atom stereocenters. The van der Waals surface area contributed by atoms with Crippen LogP contribution in [0.4, 0.5) is 5.69 Å². The van der Waals surface area contributed by atoms with Crippen LogP contribution in [-0.2, 0) is 6.42 Å². The largest absolute Gasteiger partial charge is 0.335 e. The summed E-state index contributed by atoms with van der Waals surface area (Å²) in [6, 6.07) is 16.2. The maximum Gasteiger partial charge on any atom is 0.269 e. The number of non-ortho nitro benzene ring substituents is 1. The predicted molar refractivity (Wildman–Crippen MR) is 87.3 cm³/mol. The van der Waals surface area contributed by atoms with Crippen LogP contribution >= 0.6 is 0 Å². The zero-order chi connectivity index (χ0) is 16.2. The highest BCUT2D eigenvalue weighted by Crippen LogP contribution is 2.24. The zero-order valence-corrected chi connectivity index (χ0v) is 12.7. The Morgan fingerprint density at radius 3 is 2.48 bits per heavy atom. The molecule has 5 heteroatoms. The molecule has 23 heavy (non-hydrogen) atoms. The summed E-state index contributed by atoms with van der Waals surface area (Å²) in [5, 5.41) is 10.7. The fourth-order valence-electron chi connectivity index (χ4n) is 3.09. The number of hydrogen-bond donors (Lipinski definition) is 0. The molecule has 0 saturated carbocycles. The molecule has 1 fully saturated rings. The molecule has 1 atom stereocenters. The Kier molecular flexibility index (Phi) is 4.37. The van der Waals surface area contributed by atoms with Crippen molar-refractivity contribution in [3.63, 3.8) is 0 Å². The molecule has 2 aromatic rings. The van der Waals surface area contributed by atoms with Crippen LogP contribution in [0.5, 0.6) is 0 Å². The van der Waals surface area contributed by atoms with Crippen LogP contribution in [0.25, 0.3) is 0 Å². The molecule has 2 aromatic carbocycles.